The van der Waals surface area contributed by atoms with Crippen molar-refractivity contribution in [1.29, 1.82) is 0 Å². The van der Waals surface area contributed by atoms with E-state index >= 15 is 0 Å². The molecule has 4 bridgehead atoms. The van der Waals surface area contributed by atoms with Crippen LogP contribution in [0.2, 0.25) is 0 Å². The molecule has 0 amide bonds. The average molecular weight is 234 g/mol. The van der Waals surface area contributed by atoms with E-state index in [-0.39, 0.29) is 21.7 Å². The highest BCUT2D eigenvalue weighted by atomic mass is 16.1. The van der Waals surface area contributed by atoms with Crippen LogP contribution in [0, 0.1) is 33.0 Å². The van der Waals surface area contributed by atoms with Gasteiger partial charge in [-0.25, -0.2) is 0 Å². The predicted octanol–water partition coefficient (Wildman–Crippen LogP) is 4.06. The summed E-state index contributed by atoms with van der Waals surface area (Å²) < 4.78 is 0. The highest BCUT2D eigenvalue weighted by Gasteiger charge is 2.92. The maximum absolute atomic E-state index is 12.8. The molecular formula is C16H26O. The summed E-state index contributed by atoms with van der Waals surface area (Å²) in [5.41, 5.74) is 0.788. The number of ketones is 1. The minimum atomic E-state index is -0.0414. The summed E-state index contributed by atoms with van der Waals surface area (Å²) in [6.07, 6.45) is 2.23. The smallest absolute Gasteiger partial charge is 0.145 e. The van der Waals surface area contributed by atoms with Gasteiger partial charge in [-0.3, -0.25) is 4.79 Å². The van der Waals surface area contributed by atoms with Gasteiger partial charge in [0.2, 0.25) is 0 Å². The first-order valence-corrected chi connectivity index (χ1v) is 6.98. The van der Waals surface area contributed by atoms with Gasteiger partial charge < -0.3 is 0 Å². The molecule has 0 unspecified atom stereocenters. The third-order valence-corrected chi connectivity index (χ3v) is 6.57. The van der Waals surface area contributed by atoms with E-state index in [0.717, 1.165) is 12.8 Å². The molecule has 0 saturated heterocycles. The normalized spacial score (nSPS) is 55.0. The second kappa shape index (κ2) is 2.38. The Morgan fingerprint density at radius 1 is 1.06 bits per heavy atom. The topological polar surface area (TPSA) is 17.1 Å². The highest BCUT2D eigenvalue weighted by molar-refractivity contribution is 5.99. The number of carbonyl (C=O) groups excluding carboxylic acids is 1. The van der Waals surface area contributed by atoms with Gasteiger partial charge in [-0.05, 0) is 35.0 Å². The number of hydrogen-bond acceptors (Lipinski definition) is 1. The van der Waals surface area contributed by atoms with Crippen LogP contribution in [0.4, 0.5) is 0 Å². The third-order valence-electron chi connectivity index (χ3n) is 6.57. The number of rotatable bonds is 0. The van der Waals surface area contributed by atoms with E-state index in [1.54, 1.807) is 0 Å². The Bertz CT molecular complexity index is 427. The van der Waals surface area contributed by atoms with E-state index in [4.69, 9.17) is 0 Å². The van der Waals surface area contributed by atoms with Crippen LogP contribution in [0.5, 0.6) is 0 Å². The van der Waals surface area contributed by atoms with E-state index in [1.165, 1.54) is 0 Å². The predicted molar refractivity (Wildman–Crippen MR) is 69.6 cm³/mol. The van der Waals surface area contributed by atoms with Gasteiger partial charge in [0.25, 0.3) is 0 Å². The zero-order valence-electron chi connectivity index (χ0n) is 12.4. The van der Waals surface area contributed by atoms with Crippen LogP contribution in [0.1, 0.15) is 61.3 Å². The van der Waals surface area contributed by atoms with Gasteiger partial charge in [0.1, 0.15) is 5.78 Å². The van der Waals surface area contributed by atoms with Crippen molar-refractivity contribution in [2.24, 2.45) is 33.0 Å². The zero-order valence-corrected chi connectivity index (χ0v) is 12.4. The summed E-state index contributed by atoms with van der Waals surface area (Å²) in [4.78, 5) is 12.8. The summed E-state index contributed by atoms with van der Waals surface area (Å²) in [5, 5.41) is 0. The summed E-state index contributed by atoms with van der Waals surface area (Å²) in [6, 6.07) is 0. The van der Waals surface area contributed by atoms with E-state index < -0.39 is 0 Å². The lowest BCUT2D eigenvalue weighted by atomic mass is 9.55. The Morgan fingerprint density at radius 2 is 1.59 bits per heavy atom. The molecule has 4 saturated carbocycles. The molecule has 4 fully saturated rings. The molecule has 0 radical (unpaired) electrons. The van der Waals surface area contributed by atoms with Crippen LogP contribution in [0.3, 0.4) is 0 Å². The number of carbonyl (C=O) groups is 1. The molecular weight excluding hydrogens is 208 g/mol. The Labute approximate surface area is 105 Å². The van der Waals surface area contributed by atoms with Crippen LogP contribution < -0.4 is 0 Å². The fourth-order valence-electron chi connectivity index (χ4n) is 6.81. The van der Waals surface area contributed by atoms with Crippen molar-refractivity contribution < 1.29 is 4.79 Å². The van der Waals surface area contributed by atoms with Crippen molar-refractivity contribution in [3.8, 4) is 0 Å². The summed E-state index contributed by atoms with van der Waals surface area (Å²) in [5.74, 6) is 1.18. The van der Waals surface area contributed by atoms with Crippen molar-refractivity contribution in [1.82, 2.24) is 0 Å². The Hall–Kier alpha value is -0.330. The average Bonchev–Trinajstić information content (AvgIpc) is 2.60. The fraction of sp³-hybridized carbons (Fsp3) is 0.938. The Kier molecular flexibility index (Phi) is 1.64. The molecule has 0 spiro atoms. The van der Waals surface area contributed by atoms with Crippen LogP contribution in [-0.4, -0.2) is 5.78 Å². The number of hydrogen-bond donors (Lipinski definition) is 0. The molecule has 4 rings (SSSR count). The molecule has 4 aliphatic carbocycles. The number of Topliss-reactive ketones (excluding diaryl/α,β-unsaturated/α-hetero) is 1. The second-order valence-corrected chi connectivity index (χ2v) is 9.09. The maximum Gasteiger partial charge on any atom is 0.145 e. The van der Waals surface area contributed by atoms with E-state index in [2.05, 4.69) is 48.5 Å². The Morgan fingerprint density at radius 3 is 2.00 bits per heavy atom. The van der Waals surface area contributed by atoms with Gasteiger partial charge >= 0.3 is 0 Å². The third kappa shape index (κ3) is 0.880. The zero-order chi connectivity index (χ0) is 13.1. The van der Waals surface area contributed by atoms with Crippen LogP contribution in [0.25, 0.3) is 0 Å². The SMILES string of the molecule is CC1(C)C[C@]2(C)C[C@]3(C(C)(C)C)[C@H]1[C@]3(C)C2=O. The molecule has 0 aromatic rings. The van der Waals surface area contributed by atoms with E-state index in [1.807, 2.05) is 0 Å². The van der Waals surface area contributed by atoms with Crippen molar-refractivity contribution >= 4 is 5.78 Å². The molecule has 1 heteroatoms. The minimum Gasteiger partial charge on any atom is -0.298 e. The lowest BCUT2D eigenvalue weighted by molar-refractivity contribution is -0.139. The van der Waals surface area contributed by atoms with Crippen LogP contribution >= 0.6 is 0 Å². The first-order chi connectivity index (χ1) is 7.43. The molecule has 1 nitrogen and oxygen atoms in total. The molecule has 0 aromatic heterocycles. The van der Waals surface area contributed by atoms with Gasteiger partial charge in [-0.2, -0.15) is 0 Å². The van der Waals surface area contributed by atoms with Gasteiger partial charge in [-0.15, -0.1) is 0 Å². The van der Waals surface area contributed by atoms with Crippen molar-refractivity contribution in [3.63, 3.8) is 0 Å². The molecule has 0 heterocycles. The van der Waals surface area contributed by atoms with Crippen LogP contribution in [0.15, 0.2) is 0 Å². The van der Waals surface area contributed by atoms with Gasteiger partial charge in [0, 0.05) is 10.8 Å². The van der Waals surface area contributed by atoms with Crippen molar-refractivity contribution in [2.75, 3.05) is 0 Å². The fourth-order valence-corrected chi connectivity index (χ4v) is 6.81. The standard InChI is InChI=1S/C16H26O/c1-12(2,3)16-9-14(6)8-13(4,5)10(16)15(16,7)11(14)17/h10H,8-9H2,1-7H3/t10-,14-,15-,16-/m1/s1. The highest BCUT2D eigenvalue weighted by Crippen LogP contribution is 2.92. The van der Waals surface area contributed by atoms with Crippen molar-refractivity contribution in [3.05, 3.63) is 0 Å². The summed E-state index contributed by atoms with van der Waals surface area (Å²) >= 11 is 0. The first-order valence-electron chi connectivity index (χ1n) is 6.98. The van der Waals surface area contributed by atoms with Gasteiger partial charge in [-0.1, -0.05) is 48.5 Å². The molecule has 4 atom stereocenters. The Balaban J connectivity index is 2.22. The minimum absolute atomic E-state index is 0.0260. The van der Waals surface area contributed by atoms with E-state index in [0.29, 0.717) is 17.1 Å². The number of fused-ring (bicyclic) bond motifs is 1. The maximum atomic E-state index is 12.8. The molecule has 17 heavy (non-hydrogen) atoms. The largest absolute Gasteiger partial charge is 0.298 e. The molecule has 0 N–H and O–H groups in total. The molecule has 0 aromatic carbocycles. The van der Waals surface area contributed by atoms with Crippen molar-refractivity contribution in [2.45, 2.75) is 61.3 Å². The molecule has 0 aliphatic heterocycles. The second-order valence-electron chi connectivity index (χ2n) is 9.09. The molecule has 4 aliphatic rings. The lowest BCUT2D eigenvalue weighted by Gasteiger charge is -2.48. The molecule has 96 valence electrons. The monoisotopic (exact) mass is 234 g/mol. The summed E-state index contributed by atoms with van der Waals surface area (Å²) in [7, 11) is 0. The van der Waals surface area contributed by atoms with Gasteiger partial charge in [0.15, 0.2) is 0 Å². The quantitative estimate of drug-likeness (QED) is 0.617. The van der Waals surface area contributed by atoms with Gasteiger partial charge in [0.05, 0.1) is 0 Å². The lowest BCUT2D eigenvalue weighted by Crippen LogP contribution is -2.45. The van der Waals surface area contributed by atoms with Crippen LogP contribution in [-0.2, 0) is 4.79 Å². The summed E-state index contributed by atoms with van der Waals surface area (Å²) in [6.45, 7) is 16.3. The van der Waals surface area contributed by atoms with E-state index in [9.17, 15) is 4.79 Å². The first kappa shape index (κ1) is 11.7.